The Morgan fingerprint density at radius 3 is 2.39 bits per heavy atom. The van der Waals surface area contributed by atoms with E-state index in [2.05, 4.69) is 19.2 Å². The summed E-state index contributed by atoms with van der Waals surface area (Å²) in [4.78, 5) is 24.1. The molecule has 2 aromatic rings. The SMILES string of the molecule is CC(C)=CC(=O)Nc1cccc(-c2ccc(C(N)=O)c3c2C(C)=C(C)C3)c1C. The van der Waals surface area contributed by atoms with E-state index in [1.807, 2.05) is 51.1 Å². The number of hydrogen-bond acceptors (Lipinski definition) is 2. The summed E-state index contributed by atoms with van der Waals surface area (Å²) in [5.74, 6) is -0.536. The van der Waals surface area contributed by atoms with E-state index in [0.717, 1.165) is 45.5 Å². The molecule has 0 aromatic heterocycles. The molecule has 0 aliphatic heterocycles. The van der Waals surface area contributed by atoms with Crippen molar-refractivity contribution >= 4 is 23.1 Å². The second kappa shape index (κ2) is 7.47. The van der Waals surface area contributed by atoms with Gasteiger partial charge in [-0.3, -0.25) is 9.59 Å². The molecule has 0 unspecified atom stereocenters. The fourth-order valence-corrected chi connectivity index (χ4v) is 3.82. The topological polar surface area (TPSA) is 72.2 Å². The van der Waals surface area contributed by atoms with Gasteiger partial charge in [0, 0.05) is 17.3 Å². The van der Waals surface area contributed by atoms with Gasteiger partial charge in [-0.1, -0.05) is 29.3 Å². The number of rotatable bonds is 4. The van der Waals surface area contributed by atoms with Crippen LogP contribution in [0.4, 0.5) is 5.69 Å². The molecule has 0 saturated carbocycles. The number of allylic oxidation sites excluding steroid dienone is 3. The maximum atomic E-state index is 12.2. The van der Waals surface area contributed by atoms with Crippen molar-refractivity contribution in [3.63, 3.8) is 0 Å². The lowest BCUT2D eigenvalue weighted by Gasteiger charge is -2.17. The molecule has 3 rings (SSSR count). The van der Waals surface area contributed by atoms with Gasteiger partial charge in [-0.2, -0.15) is 0 Å². The number of nitrogens with two attached hydrogens (primary N) is 1. The van der Waals surface area contributed by atoms with Crippen LogP contribution in [0.15, 0.2) is 47.6 Å². The zero-order chi connectivity index (χ0) is 20.6. The third-order valence-electron chi connectivity index (χ3n) is 5.34. The van der Waals surface area contributed by atoms with Gasteiger partial charge in [0.1, 0.15) is 0 Å². The van der Waals surface area contributed by atoms with E-state index in [1.165, 1.54) is 11.1 Å². The number of carbonyl (C=O) groups excluding carboxylic acids is 2. The van der Waals surface area contributed by atoms with E-state index >= 15 is 0 Å². The van der Waals surface area contributed by atoms with Crippen LogP contribution in [0.3, 0.4) is 0 Å². The Labute approximate surface area is 166 Å². The van der Waals surface area contributed by atoms with E-state index in [4.69, 9.17) is 5.73 Å². The molecular weight excluding hydrogens is 348 g/mol. The van der Waals surface area contributed by atoms with Crippen molar-refractivity contribution < 1.29 is 9.59 Å². The van der Waals surface area contributed by atoms with Crippen LogP contribution in [-0.2, 0) is 11.2 Å². The van der Waals surface area contributed by atoms with Crippen molar-refractivity contribution in [3.05, 3.63) is 69.8 Å². The Morgan fingerprint density at radius 2 is 1.75 bits per heavy atom. The number of benzene rings is 2. The van der Waals surface area contributed by atoms with Gasteiger partial charge in [0.05, 0.1) is 0 Å². The van der Waals surface area contributed by atoms with Gasteiger partial charge in [0.25, 0.3) is 0 Å². The van der Waals surface area contributed by atoms with Crippen molar-refractivity contribution in [2.24, 2.45) is 5.73 Å². The number of fused-ring (bicyclic) bond motifs is 1. The zero-order valence-corrected chi connectivity index (χ0v) is 17.1. The minimum Gasteiger partial charge on any atom is -0.366 e. The molecule has 0 spiro atoms. The Bertz CT molecular complexity index is 1050. The van der Waals surface area contributed by atoms with E-state index < -0.39 is 5.91 Å². The second-order valence-corrected chi connectivity index (χ2v) is 7.65. The van der Waals surface area contributed by atoms with E-state index in [1.54, 1.807) is 6.08 Å². The zero-order valence-electron chi connectivity index (χ0n) is 17.1. The van der Waals surface area contributed by atoms with Gasteiger partial charge >= 0.3 is 0 Å². The molecule has 3 N–H and O–H groups in total. The monoisotopic (exact) mass is 374 g/mol. The molecule has 0 atom stereocenters. The largest absolute Gasteiger partial charge is 0.366 e. The van der Waals surface area contributed by atoms with Gasteiger partial charge < -0.3 is 11.1 Å². The number of hydrogen-bond donors (Lipinski definition) is 2. The molecule has 2 aromatic carbocycles. The normalized spacial score (nSPS) is 12.6. The van der Waals surface area contributed by atoms with E-state index in [-0.39, 0.29) is 5.91 Å². The Hall–Kier alpha value is -3.14. The predicted octanol–water partition coefficient (Wildman–Crippen LogP) is 5.02. The summed E-state index contributed by atoms with van der Waals surface area (Å²) >= 11 is 0. The predicted molar refractivity (Wildman–Crippen MR) is 115 cm³/mol. The number of primary amides is 1. The Balaban J connectivity index is 2.15. The first-order valence-corrected chi connectivity index (χ1v) is 9.39. The molecule has 28 heavy (non-hydrogen) atoms. The van der Waals surface area contributed by atoms with Crippen molar-refractivity contribution in [2.45, 2.75) is 41.0 Å². The maximum absolute atomic E-state index is 12.2. The molecule has 0 saturated heterocycles. The summed E-state index contributed by atoms with van der Waals surface area (Å²) < 4.78 is 0. The molecule has 0 fully saturated rings. The first-order chi connectivity index (χ1) is 13.2. The van der Waals surface area contributed by atoms with Crippen LogP contribution in [-0.4, -0.2) is 11.8 Å². The summed E-state index contributed by atoms with van der Waals surface area (Å²) in [7, 11) is 0. The average Bonchev–Trinajstić information content (AvgIpc) is 2.90. The molecule has 1 aliphatic rings. The van der Waals surface area contributed by atoms with E-state index in [0.29, 0.717) is 5.56 Å². The van der Waals surface area contributed by atoms with Crippen molar-refractivity contribution in [1.82, 2.24) is 0 Å². The van der Waals surface area contributed by atoms with Crippen LogP contribution in [0.1, 0.15) is 54.7 Å². The molecule has 4 heteroatoms. The number of amides is 2. The molecule has 4 nitrogen and oxygen atoms in total. The summed E-state index contributed by atoms with van der Waals surface area (Å²) in [6.07, 6.45) is 2.32. The van der Waals surface area contributed by atoms with Crippen LogP contribution in [0.2, 0.25) is 0 Å². The quantitative estimate of drug-likeness (QED) is 0.738. The molecule has 0 radical (unpaired) electrons. The molecule has 144 valence electrons. The first kappa shape index (κ1) is 19.6. The van der Waals surface area contributed by atoms with Crippen LogP contribution in [0.5, 0.6) is 0 Å². The fraction of sp³-hybridized carbons (Fsp3) is 0.250. The summed E-state index contributed by atoms with van der Waals surface area (Å²) in [6, 6.07) is 9.67. The van der Waals surface area contributed by atoms with Crippen molar-refractivity contribution in [1.29, 1.82) is 0 Å². The second-order valence-electron chi connectivity index (χ2n) is 7.65. The van der Waals surface area contributed by atoms with Gasteiger partial charge in [0.15, 0.2) is 0 Å². The van der Waals surface area contributed by atoms with Gasteiger partial charge in [-0.15, -0.1) is 0 Å². The number of anilines is 1. The lowest BCUT2D eigenvalue weighted by molar-refractivity contribution is -0.112. The molecule has 2 amide bonds. The smallest absolute Gasteiger partial charge is 0.249 e. The number of carbonyl (C=O) groups is 2. The summed E-state index contributed by atoms with van der Waals surface area (Å²) in [6.45, 7) is 9.97. The lowest BCUT2D eigenvalue weighted by Crippen LogP contribution is -2.14. The van der Waals surface area contributed by atoms with Crippen molar-refractivity contribution in [3.8, 4) is 11.1 Å². The average molecular weight is 374 g/mol. The highest BCUT2D eigenvalue weighted by Crippen LogP contribution is 2.42. The first-order valence-electron chi connectivity index (χ1n) is 9.39. The molecule has 0 heterocycles. The summed E-state index contributed by atoms with van der Waals surface area (Å²) in [5.41, 5.74) is 15.5. The lowest BCUT2D eigenvalue weighted by atomic mass is 9.89. The third kappa shape index (κ3) is 3.50. The standard InChI is InChI=1S/C24H26N2O2/c1-13(2)11-22(27)26-21-8-6-7-17(16(21)5)18-9-10-19(24(25)28)20-12-14(3)15(4)23(18)20/h6-11H,12H2,1-5H3,(H2,25,28)(H,26,27). The Morgan fingerprint density at radius 1 is 1.04 bits per heavy atom. The highest BCUT2D eigenvalue weighted by atomic mass is 16.1. The van der Waals surface area contributed by atoms with Gasteiger partial charge in [-0.25, -0.2) is 0 Å². The van der Waals surface area contributed by atoms with Crippen LogP contribution in [0.25, 0.3) is 16.7 Å². The molecular formula is C24H26N2O2. The minimum atomic E-state index is -0.398. The van der Waals surface area contributed by atoms with Crippen LogP contribution < -0.4 is 11.1 Å². The highest BCUT2D eigenvalue weighted by molar-refractivity contribution is 6.02. The third-order valence-corrected chi connectivity index (χ3v) is 5.34. The van der Waals surface area contributed by atoms with Gasteiger partial charge in [-0.05, 0) is 86.6 Å². The minimum absolute atomic E-state index is 0.138. The van der Waals surface area contributed by atoms with Crippen LogP contribution >= 0.6 is 0 Å². The molecule has 0 bridgehead atoms. The summed E-state index contributed by atoms with van der Waals surface area (Å²) in [5, 5.41) is 2.97. The number of nitrogens with one attached hydrogen (secondary N) is 1. The van der Waals surface area contributed by atoms with E-state index in [9.17, 15) is 9.59 Å². The molecule has 1 aliphatic carbocycles. The fourth-order valence-electron chi connectivity index (χ4n) is 3.82. The van der Waals surface area contributed by atoms with Gasteiger partial charge in [0.2, 0.25) is 11.8 Å². The highest BCUT2D eigenvalue weighted by Gasteiger charge is 2.25. The Kier molecular flexibility index (Phi) is 5.23. The van der Waals surface area contributed by atoms with Crippen molar-refractivity contribution in [2.75, 3.05) is 5.32 Å². The maximum Gasteiger partial charge on any atom is 0.249 e. The van der Waals surface area contributed by atoms with Crippen LogP contribution in [0, 0.1) is 6.92 Å².